The maximum absolute atomic E-state index is 10.9. The van der Waals surface area contributed by atoms with E-state index in [2.05, 4.69) is 34.5 Å². The summed E-state index contributed by atoms with van der Waals surface area (Å²) < 4.78 is 0. The monoisotopic (exact) mass is 246 g/mol. The van der Waals surface area contributed by atoms with Crippen molar-refractivity contribution in [2.45, 2.75) is 32.9 Å². The van der Waals surface area contributed by atoms with Crippen LogP contribution in [0, 0.1) is 0 Å². The summed E-state index contributed by atoms with van der Waals surface area (Å²) in [6, 6.07) is 8.65. The Morgan fingerprint density at radius 3 is 2.72 bits per heavy atom. The average Bonchev–Trinajstić information content (AvgIpc) is 2.82. The molecule has 1 saturated heterocycles. The highest BCUT2D eigenvalue weighted by Gasteiger charge is 2.11. The van der Waals surface area contributed by atoms with Crippen molar-refractivity contribution >= 4 is 5.78 Å². The van der Waals surface area contributed by atoms with Gasteiger partial charge in [0.1, 0.15) is 5.78 Å². The van der Waals surface area contributed by atoms with Crippen molar-refractivity contribution in [3.05, 3.63) is 35.4 Å². The quantitative estimate of drug-likeness (QED) is 0.833. The topological polar surface area (TPSA) is 32.3 Å². The zero-order valence-electron chi connectivity index (χ0n) is 11.1. The van der Waals surface area contributed by atoms with Crippen LogP contribution in [0.4, 0.5) is 0 Å². The molecule has 3 nitrogen and oxygen atoms in total. The van der Waals surface area contributed by atoms with Gasteiger partial charge in [0.05, 0.1) is 6.54 Å². The van der Waals surface area contributed by atoms with Crippen molar-refractivity contribution in [1.29, 1.82) is 0 Å². The van der Waals surface area contributed by atoms with Gasteiger partial charge < -0.3 is 5.32 Å². The molecule has 0 saturated carbocycles. The Labute approximate surface area is 109 Å². The number of Topliss-reactive ketones (excluding diaryl/α,β-unsaturated/α-hetero) is 1. The van der Waals surface area contributed by atoms with Crippen LogP contribution in [0.3, 0.4) is 0 Å². The molecule has 98 valence electrons. The van der Waals surface area contributed by atoms with Crippen molar-refractivity contribution in [3.63, 3.8) is 0 Å². The number of carbonyl (C=O) groups excluding carboxylic acids is 1. The van der Waals surface area contributed by atoms with E-state index < -0.39 is 0 Å². The Morgan fingerprint density at radius 2 is 2.00 bits per heavy atom. The molecule has 1 aliphatic heterocycles. The van der Waals surface area contributed by atoms with E-state index in [0.29, 0.717) is 6.54 Å². The normalized spacial score (nSPS) is 16.1. The predicted molar refractivity (Wildman–Crippen MR) is 73.3 cm³/mol. The molecule has 1 fully saturated rings. The molecule has 1 aliphatic rings. The molecule has 1 aromatic rings. The molecule has 3 heteroatoms. The number of nitrogens with one attached hydrogen (secondary N) is 1. The van der Waals surface area contributed by atoms with Crippen LogP contribution < -0.4 is 5.32 Å². The fourth-order valence-electron chi connectivity index (χ4n) is 2.42. The first kappa shape index (κ1) is 13.2. The van der Waals surface area contributed by atoms with E-state index in [1.54, 1.807) is 6.92 Å². The number of hydrogen-bond acceptors (Lipinski definition) is 3. The molecule has 1 aromatic carbocycles. The third-order valence-corrected chi connectivity index (χ3v) is 3.30. The zero-order chi connectivity index (χ0) is 12.8. The molecular formula is C15H22N2O. The molecule has 0 atom stereocenters. The van der Waals surface area contributed by atoms with Gasteiger partial charge in [0.25, 0.3) is 0 Å². The van der Waals surface area contributed by atoms with E-state index in [1.807, 2.05) is 0 Å². The Kier molecular flexibility index (Phi) is 4.90. The summed E-state index contributed by atoms with van der Waals surface area (Å²) in [7, 11) is 0. The SMILES string of the molecule is CC(=O)CNCc1cccc(CN2CCCC2)c1. The smallest absolute Gasteiger partial charge is 0.143 e. The van der Waals surface area contributed by atoms with Gasteiger partial charge in [0, 0.05) is 13.1 Å². The minimum atomic E-state index is 0.184. The molecular weight excluding hydrogens is 224 g/mol. The third-order valence-electron chi connectivity index (χ3n) is 3.30. The van der Waals surface area contributed by atoms with Crippen LogP contribution in [-0.4, -0.2) is 30.3 Å². The zero-order valence-corrected chi connectivity index (χ0v) is 11.1. The van der Waals surface area contributed by atoms with Crippen molar-refractivity contribution in [1.82, 2.24) is 10.2 Å². The van der Waals surface area contributed by atoms with Gasteiger partial charge in [-0.2, -0.15) is 0 Å². The highest BCUT2D eigenvalue weighted by atomic mass is 16.1. The molecule has 2 rings (SSSR count). The first-order chi connectivity index (χ1) is 8.74. The van der Waals surface area contributed by atoms with Crippen molar-refractivity contribution < 1.29 is 4.79 Å². The van der Waals surface area contributed by atoms with Gasteiger partial charge in [-0.05, 0) is 44.0 Å². The Balaban J connectivity index is 1.86. The van der Waals surface area contributed by atoms with Gasteiger partial charge in [-0.25, -0.2) is 0 Å². The van der Waals surface area contributed by atoms with Crippen LogP contribution in [-0.2, 0) is 17.9 Å². The lowest BCUT2D eigenvalue weighted by atomic mass is 10.1. The molecule has 0 amide bonds. The number of likely N-dealkylation sites (tertiary alicyclic amines) is 1. The lowest BCUT2D eigenvalue weighted by molar-refractivity contribution is -0.116. The summed E-state index contributed by atoms with van der Waals surface area (Å²) in [5, 5.41) is 3.16. The van der Waals surface area contributed by atoms with Crippen molar-refractivity contribution in [2.75, 3.05) is 19.6 Å². The largest absolute Gasteiger partial charge is 0.306 e. The summed E-state index contributed by atoms with van der Waals surface area (Å²) in [6.07, 6.45) is 2.67. The van der Waals surface area contributed by atoms with Crippen LogP contribution in [0.2, 0.25) is 0 Å². The Hall–Kier alpha value is -1.19. The average molecular weight is 246 g/mol. The summed E-state index contributed by atoms with van der Waals surface area (Å²) in [5.41, 5.74) is 2.63. The highest BCUT2D eigenvalue weighted by Crippen LogP contribution is 2.13. The number of hydrogen-bond donors (Lipinski definition) is 1. The number of ketones is 1. The summed E-state index contributed by atoms with van der Waals surface area (Å²) >= 11 is 0. The maximum Gasteiger partial charge on any atom is 0.143 e. The molecule has 1 heterocycles. The molecule has 0 bridgehead atoms. The van der Waals surface area contributed by atoms with E-state index in [4.69, 9.17) is 0 Å². The maximum atomic E-state index is 10.9. The Morgan fingerprint density at radius 1 is 1.28 bits per heavy atom. The van der Waals surface area contributed by atoms with Crippen LogP contribution in [0.25, 0.3) is 0 Å². The van der Waals surface area contributed by atoms with Gasteiger partial charge in [-0.15, -0.1) is 0 Å². The van der Waals surface area contributed by atoms with E-state index in [1.165, 1.54) is 37.1 Å². The third kappa shape index (κ3) is 4.24. The number of rotatable bonds is 6. The minimum absolute atomic E-state index is 0.184. The van der Waals surface area contributed by atoms with E-state index in [9.17, 15) is 4.79 Å². The van der Waals surface area contributed by atoms with Crippen LogP contribution in [0.15, 0.2) is 24.3 Å². The van der Waals surface area contributed by atoms with Gasteiger partial charge >= 0.3 is 0 Å². The summed E-state index contributed by atoms with van der Waals surface area (Å²) in [4.78, 5) is 13.4. The van der Waals surface area contributed by atoms with Crippen LogP contribution in [0.1, 0.15) is 30.9 Å². The molecule has 0 spiro atoms. The summed E-state index contributed by atoms with van der Waals surface area (Å²) in [5.74, 6) is 0.184. The fraction of sp³-hybridized carbons (Fsp3) is 0.533. The number of nitrogens with zero attached hydrogens (tertiary/aromatic N) is 1. The van der Waals surface area contributed by atoms with Crippen molar-refractivity contribution in [3.8, 4) is 0 Å². The lowest BCUT2D eigenvalue weighted by Gasteiger charge is -2.15. The standard InChI is InChI=1S/C15H22N2O/c1-13(18)10-16-11-14-5-4-6-15(9-14)12-17-7-2-3-8-17/h4-6,9,16H,2-3,7-8,10-12H2,1H3. The predicted octanol–water partition coefficient (Wildman–Crippen LogP) is 1.96. The molecule has 0 unspecified atom stereocenters. The van der Waals surface area contributed by atoms with E-state index in [0.717, 1.165) is 13.1 Å². The minimum Gasteiger partial charge on any atom is -0.306 e. The second kappa shape index (κ2) is 6.66. The fourth-order valence-corrected chi connectivity index (χ4v) is 2.42. The highest BCUT2D eigenvalue weighted by molar-refractivity contribution is 5.77. The molecule has 0 aliphatic carbocycles. The number of benzene rings is 1. The Bertz CT molecular complexity index is 397. The lowest BCUT2D eigenvalue weighted by Crippen LogP contribution is -2.21. The summed E-state index contributed by atoms with van der Waals surface area (Å²) in [6.45, 7) is 6.35. The van der Waals surface area contributed by atoms with Gasteiger partial charge in [-0.1, -0.05) is 24.3 Å². The van der Waals surface area contributed by atoms with E-state index in [-0.39, 0.29) is 5.78 Å². The second-order valence-electron chi connectivity index (χ2n) is 5.11. The molecule has 18 heavy (non-hydrogen) atoms. The first-order valence-electron chi connectivity index (χ1n) is 6.74. The molecule has 1 N–H and O–H groups in total. The van der Waals surface area contributed by atoms with Crippen LogP contribution in [0.5, 0.6) is 0 Å². The number of carbonyl (C=O) groups is 1. The first-order valence-corrected chi connectivity index (χ1v) is 6.74. The molecule has 0 aromatic heterocycles. The van der Waals surface area contributed by atoms with Gasteiger partial charge in [0.2, 0.25) is 0 Å². The van der Waals surface area contributed by atoms with Crippen molar-refractivity contribution in [2.24, 2.45) is 0 Å². The van der Waals surface area contributed by atoms with E-state index >= 15 is 0 Å². The van der Waals surface area contributed by atoms with Gasteiger partial charge in [0.15, 0.2) is 0 Å². The molecule has 0 radical (unpaired) electrons. The van der Waals surface area contributed by atoms with Crippen LogP contribution >= 0.6 is 0 Å². The second-order valence-corrected chi connectivity index (χ2v) is 5.11. The van der Waals surface area contributed by atoms with Gasteiger partial charge in [-0.3, -0.25) is 9.69 Å².